The van der Waals surface area contributed by atoms with Crippen molar-refractivity contribution in [2.75, 3.05) is 6.26 Å². The number of aryl methyl sites for hydroxylation is 2. The predicted molar refractivity (Wildman–Crippen MR) is 143 cm³/mol. The predicted octanol–water partition coefficient (Wildman–Crippen LogP) is 6.77. The Labute approximate surface area is 215 Å². The van der Waals surface area contributed by atoms with Crippen molar-refractivity contribution < 1.29 is 9.32 Å². The minimum atomic E-state index is -0.409. The van der Waals surface area contributed by atoms with Gasteiger partial charge in [0.15, 0.2) is 0 Å². The van der Waals surface area contributed by atoms with E-state index in [1.807, 2.05) is 81.6 Å². The maximum Gasteiger partial charge on any atom is 0.322 e. The Hall–Kier alpha value is -3.84. The van der Waals surface area contributed by atoms with Crippen LogP contribution in [0, 0.1) is 13.8 Å². The summed E-state index contributed by atoms with van der Waals surface area (Å²) in [4.78, 5) is 21.0. The van der Waals surface area contributed by atoms with E-state index in [2.05, 4.69) is 28.7 Å². The van der Waals surface area contributed by atoms with Crippen LogP contribution in [-0.4, -0.2) is 27.3 Å². The Morgan fingerprint density at radius 1 is 0.972 bits per heavy atom. The number of allylic oxidation sites excluding steroid dienone is 1. The Balaban J connectivity index is 1.59. The lowest BCUT2D eigenvalue weighted by molar-refractivity contribution is 0.203. The van der Waals surface area contributed by atoms with Gasteiger partial charge in [0.1, 0.15) is 0 Å². The molecule has 7 heteroatoms. The quantitative estimate of drug-likeness (QED) is 0.298. The highest BCUT2D eigenvalue weighted by Gasteiger charge is 2.35. The maximum atomic E-state index is 13.3. The monoisotopic (exact) mass is 496 g/mol. The number of aromatic nitrogens is 2. The number of hydrogen-bond donors (Lipinski definition) is 1. The van der Waals surface area contributed by atoms with Crippen molar-refractivity contribution in [2.45, 2.75) is 38.3 Å². The van der Waals surface area contributed by atoms with Crippen molar-refractivity contribution in [1.82, 2.24) is 20.4 Å². The van der Waals surface area contributed by atoms with Crippen LogP contribution in [0.2, 0.25) is 0 Å². The SMILES string of the molecule is CSc1ccc(C2NC(=O)N(Cc3cccc(C)c3)C(C)=C2c2nc(-c3ccc(C)cc3)no2)cc1. The maximum absolute atomic E-state index is 13.3. The normalized spacial score (nSPS) is 15.8. The van der Waals surface area contributed by atoms with Gasteiger partial charge in [0.05, 0.1) is 18.2 Å². The summed E-state index contributed by atoms with van der Waals surface area (Å²) >= 11 is 1.68. The van der Waals surface area contributed by atoms with E-state index in [1.54, 1.807) is 16.7 Å². The number of thioether (sulfide) groups is 1. The fraction of sp³-hybridized carbons (Fsp3) is 0.207. The van der Waals surface area contributed by atoms with E-state index >= 15 is 0 Å². The van der Waals surface area contributed by atoms with Crippen LogP contribution < -0.4 is 5.32 Å². The molecule has 36 heavy (non-hydrogen) atoms. The largest absolute Gasteiger partial charge is 0.334 e. The number of carbonyl (C=O) groups excluding carboxylic acids is 1. The number of amides is 2. The summed E-state index contributed by atoms with van der Waals surface area (Å²) in [5, 5.41) is 7.45. The first kappa shape index (κ1) is 23.9. The Kier molecular flexibility index (Phi) is 6.65. The summed E-state index contributed by atoms with van der Waals surface area (Å²) in [7, 11) is 0. The summed E-state index contributed by atoms with van der Waals surface area (Å²) in [6, 6.07) is 23.8. The average molecular weight is 497 g/mol. The van der Waals surface area contributed by atoms with Crippen LogP contribution in [0.3, 0.4) is 0 Å². The van der Waals surface area contributed by atoms with Crippen molar-refractivity contribution >= 4 is 23.4 Å². The summed E-state index contributed by atoms with van der Waals surface area (Å²) in [5.41, 5.74) is 6.79. The van der Waals surface area contributed by atoms with Gasteiger partial charge in [-0.1, -0.05) is 76.9 Å². The van der Waals surface area contributed by atoms with E-state index in [0.29, 0.717) is 18.3 Å². The topological polar surface area (TPSA) is 71.3 Å². The van der Waals surface area contributed by atoms with Crippen LogP contribution in [-0.2, 0) is 6.54 Å². The highest BCUT2D eigenvalue weighted by molar-refractivity contribution is 7.98. The Morgan fingerprint density at radius 3 is 2.42 bits per heavy atom. The molecule has 0 saturated heterocycles. The van der Waals surface area contributed by atoms with E-state index in [0.717, 1.165) is 44.0 Å². The van der Waals surface area contributed by atoms with Gasteiger partial charge in [-0.25, -0.2) is 4.79 Å². The molecule has 1 aliphatic rings. The molecule has 3 aromatic carbocycles. The molecule has 1 unspecified atom stereocenters. The van der Waals surface area contributed by atoms with Crippen LogP contribution in [0.25, 0.3) is 17.0 Å². The van der Waals surface area contributed by atoms with E-state index in [9.17, 15) is 4.79 Å². The number of hydrogen-bond acceptors (Lipinski definition) is 5. The molecule has 182 valence electrons. The van der Waals surface area contributed by atoms with Crippen LogP contribution >= 0.6 is 11.8 Å². The molecule has 4 aromatic rings. The van der Waals surface area contributed by atoms with Crippen LogP contribution in [0.5, 0.6) is 0 Å². The molecule has 0 saturated carbocycles. The third-order valence-electron chi connectivity index (χ3n) is 6.43. The van der Waals surface area contributed by atoms with Crippen molar-refractivity contribution in [1.29, 1.82) is 0 Å². The van der Waals surface area contributed by atoms with Gasteiger partial charge in [-0.05, 0) is 50.3 Å². The number of urea groups is 1. The molecule has 2 amide bonds. The molecule has 1 N–H and O–H groups in total. The fourth-order valence-corrected chi connectivity index (χ4v) is 4.85. The lowest BCUT2D eigenvalue weighted by Crippen LogP contribution is -2.45. The first-order valence-corrected chi connectivity index (χ1v) is 13.0. The molecule has 6 nitrogen and oxygen atoms in total. The van der Waals surface area contributed by atoms with Gasteiger partial charge in [-0.15, -0.1) is 11.8 Å². The summed E-state index contributed by atoms with van der Waals surface area (Å²) < 4.78 is 5.81. The van der Waals surface area contributed by atoms with Crippen molar-refractivity contribution in [2.24, 2.45) is 0 Å². The van der Waals surface area contributed by atoms with E-state index in [4.69, 9.17) is 9.51 Å². The average Bonchev–Trinajstić information content (AvgIpc) is 3.36. The van der Waals surface area contributed by atoms with Gasteiger partial charge in [0, 0.05) is 16.2 Å². The molecule has 0 fully saturated rings. The molecule has 1 aromatic heterocycles. The second kappa shape index (κ2) is 10.0. The van der Waals surface area contributed by atoms with E-state index in [1.165, 1.54) is 0 Å². The molecule has 1 atom stereocenters. The number of nitrogens with one attached hydrogen (secondary N) is 1. The lowest BCUT2D eigenvalue weighted by atomic mass is 9.94. The zero-order valence-corrected chi connectivity index (χ0v) is 21.6. The van der Waals surface area contributed by atoms with Gasteiger partial charge in [0.25, 0.3) is 5.89 Å². The highest BCUT2D eigenvalue weighted by Crippen LogP contribution is 2.38. The van der Waals surface area contributed by atoms with Crippen LogP contribution in [0.1, 0.15) is 41.1 Å². The van der Waals surface area contributed by atoms with Gasteiger partial charge in [-0.2, -0.15) is 4.98 Å². The van der Waals surface area contributed by atoms with Crippen LogP contribution in [0.4, 0.5) is 4.79 Å². The minimum absolute atomic E-state index is 0.157. The van der Waals surface area contributed by atoms with Gasteiger partial charge in [0.2, 0.25) is 5.82 Å². The van der Waals surface area contributed by atoms with Crippen molar-refractivity contribution in [3.63, 3.8) is 0 Å². The lowest BCUT2D eigenvalue weighted by Gasteiger charge is -2.35. The highest BCUT2D eigenvalue weighted by atomic mass is 32.2. The molecule has 0 aliphatic carbocycles. The number of nitrogens with zero attached hydrogens (tertiary/aromatic N) is 3. The first-order chi connectivity index (χ1) is 17.4. The van der Waals surface area contributed by atoms with Gasteiger partial charge < -0.3 is 9.84 Å². The van der Waals surface area contributed by atoms with Crippen molar-refractivity contribution in [3.05, 3.63) is 107 Å². The third-order valence-corrected chi connectivity index (χ3v) is 7.18. The van der Waals surface area contributed by atoms with Crippen molar-refractivity contribution in [3.8, 4) is 11.4 Å². The minimum Gasteiger partial charge on any atom is -0.334 e. The molecule has 0 radical (unpaired) electrons. The number of benzene rings is 3. The Morgan fingerprint density at radius 2 is 1.72 bits per heavy atom. The molecule has 0 spiro atoms. The molecule has 2 heterocycles. The summed E-state index contributed by atoms with van der Waals surface area (Å²) in [6.07, 6.45) is 2.04. The molecule has 5 rings (SSSR count). The Bertz CT molecular complexity index is 1420. The smallest absolute Gasteiger partial charge is 0.322 e. The molecular weight excluding hydrogens is 468 g/mol. The number of rotatable bonds is 6. The summed E-state index contributed by atoms with van der Waals surface area (Å²) in [6.45, 7) is 6.48. The molecule has 0 bridgehead atoms. The zero-order valence-electron chi connectivity index (χ0n) is 20.8. The fourth-order valence-electron chi connectivity index (χ4n) is 4.44. The molecule has 1 aliphatic heterocycles. The molecular formula is C29H28N4O2S. The zero-order chi connectivity index (χ0) is 25.2. The standard InChI is InChI=1S/C29H28N4O2S/c1-18-8-10-23(11-9-18)27-31-28(35-32-27)25-20(3)33(17-21-7-5-6-19(2)16-21)29(34)30-26(25)22-12-14-24(36-4)15-13-22/h5-16,26H,17H2,1-4H3,(H,30,34). The van der Waals surface area contributed by atoms with Crippen LogP contribution in [0.15, 0.2) is 87.9 Å². The van der Waals surface area contributed by atoms with E-state index < -0.39 is 6.04 Å². The summed E-state index contributed by atoms with van der Waals surface area (Å²) in [5.74, 6) is 0.917. The van der Waals surface area contributed by atoms with Gasteiger partial charge in [-0.3, -0.25) is 4.90 Å². The third kappa shape index (κ3) is 4.79. The number of carbonyl (C=O) groups is 1. The van der Waals surface area contributed by atoms with E-state index in [-0.39, 0.29) is 6.03 Å². The van der Waals surface area contributed by atoms with Gasteiger partial charge >= 0.3 is 6.03 Å². The second-order valence-electron chi connectivity index (χ2n) is 9.02. The second-order valence-corrected chi connectivity index (χ2v) is 9.90. The first-order valence-electron chi connectivity index (χ1n) is 11.8.